The van der Waals surface area contributed by atoms with Crippen LogP contribution in [0.5, 0.6) is 0 Å². The Kier molecular flexibility index (Phi) is 4.87. The van der Waals surface area contributed by atoms with Gasteiger partial charge in [0.15, 0.2) is 0 Å². The lowest BCUT2D eigenvalue weighted by molar-refractivity contribution is 0.373. The second kappa shape index (κ2) is 6.30. The van der Waals surface area contributed by atoms with Crippen molar-refractivity contribution in [2.45, 2.75) is 72.5 Å². The third-order valence-electron chi connectivity index (χ3n) is 4.27. The number of anilines is 1. The van der Waals surface area contributed by atoms with Crippen LogP contribution in [0.3, 0.4) is 0 Å². The predicted molar refractivity (Wildman–Crippen MR) is 88.6 cm³/mol. The van der Waals surface area contributed by atoms with Gasteiger partial charge in [0, 0.05) is 42.1 Å². The first-order chi connectivity index (χ1) is 9.76. The van der Waals surface area contributed by atoms with E-state index in [-0.39, 0.29) is 5.54 Å². The molecule has 4 nitrogen and oxygen atoms in total. The van der Waals surface area contributed by atoms with E-state index in [0.717, 1.165) is 30.6 Å². The molecule has 2 atom stereocenters. The molecule has 2 heterocycles. The van der Waals surface area contributed by atoms with Crippen LogP contribution in [0.25, 0.3) is 0 Å². The van der Waals surface area contributed by atoms with Gasteiger partial charge < -0.3 is 10.2 Å². The predicted octanol–water partition coefficient (Wildman–Crippen LogP) is 3.30. The average molecular weight is 290 g/mol. The summed E-state index contributed by atoms with van der Waals surface area (Å²) in [6.45, 7) is 15.1. The lowest BCUT2D eigenvalue weighted by atomic mass is 9.94. The van der Waals surface area contributed by atoms with Crippen LogP contribution in [0.15, 0.2) is 6.20 Å². The Morgan fingerprint density at radius 1 is 1.33 bits per heavy atom. The molecule has 0 bridgehead atoms. The highest BCUT2D eigenvalue weighted by molar-refractivity contribution is 5.35. The van der Waals surface area contributed by atoms with Crippen molar-refractivity contribution in [2.24, 2.45) is 5.92 Å². The highest BCUT2D eigenvalue weighted by Crippen LogP contribution is 2.25. The molecule has 0 amide bonds. The molecule has 1 fully saturated rings. The summed E-state index contributed by atoms with van der Waals surface area (Å²) in [4.78, 5) is 11.7. The number of aryl methyl sites for hydroxylation is 1. The van der Waals surface area contributed by atoms with Crippen molar-refractivity contribution in [2.75, 3.05) is 11.4 Å². The van der Waals surface area contributed by atoms with Crippen molar-refractivity contribution in [1.82, 2.24) is 15.3 Å². The molecule has 0 radical (unpaired) electrons. The number of hydrogen-bond acceptors (Lipinski definition) is 4. The summed E-state index contributed by atoms with van der Waals surface area (Å²) in [6, 6.07) is 0.534. The molecule has 21 heavy (non-hydrogen) atoms. The van der Waals surface area contributed by atoms with Gasteiger partial charge in [0.05, 0.1) is 0 Å². The van der Waals surface area contributed by atoms with E-state index < -0.39 is 0 Å². The van der Waals surface area contributed by atoms with Crippen molar-refractivity contribution >= 4 is 5.95 Å². The van der Waals surface area contributed by atoms with Crippen LogP contribution in [0.1, 0.15) is 58.7 Å². The molecule has 0 aliphatic carbocycles. The molecule has 4 heteroatoms. The van der Waals surface area contributed by atoms with Crippen molar-refractivity contribution in [3.8, 4) is 0 Å². The summed E-state index contributed by atoms with van der Waals surface area (Å²) in [5.74, 6) is 1.71. The van der Waals surface area contributed by atoms with Gasteiger partial charge in [0.2, 0.25) is 5.95 Å². The van der Waals surface area contributed by atoms with Crippen LogP contribution in [0, 0.1) is 12.8 Å². The molecule has 1 aromatic rings. The molecule has 2 unspecified atom stereocenters. The fraction of sp³-hybridized carbons (Fsp3) is 0.765. The maximum atomic E-state index is 4.75. The average Bonchev–Trinajstić information content (AvgIpc) is 2.36. The zero-order chi connectivity index (χ0) is 15.6. The molecule has 1 N–H and O–H groups in total. The van der Waals surface area contributed by atoms with Crippen LogP contribution >= 0.6 is 0 Å². The summed E-state index contributed by atoms with van der Waals surface area (Å²) in [6.07, 6.45) is 4.46. The summed E-state index contributed by atoms with van der Waals surface area (Å²) in [5, 5.41) is 3.50. The topological polar surface area (TPSA) is 41.1 Å². The zero-order valence-corrected chi connectivity index (χ0v) is 14.4. The first-order valence-electron chi connectivity index (χ1n) is 8.10. The zero-order valence-electron chi connectivity index (χ0n) is 14.4. The lowest BCUT2D eigenvalue weighted by Gasteiger charge is -2.36. The Hall–Kier alpha value is -1.16. The van der Waals surface area contributed by atoms with Crippen LogP contribution in [0.4, 0.5) is 5.95 Å². The highest BCUT2D eigenvalue weighted by atomic mass is 15.3. The Balaban J connectivity index is 2.08. The lowest BCUT2D eigenvalue weighted by Crippen LogP contribution is -2.41. The molecule has 0 saturated carbocycles. The standard InChI is InChI=1S/C17H30N4/c1-12-7-8-21(13(2)9-12)16-18-10-15(14(3)20-16)11-19-17(4,5)6/h10,12-13,19H,7-9,11H2,1-6H3. The summed E-state index contributed by atoms with van der Waals surface area (Å²) in [5.41, 5.74) is 2.39. The van der Waals surface area contributed by atoms with Crippen LogP contribution in [0.2, 0.25) is 0 Å². The number of nitrogens with one attached hydrogen (secondary N) is 1. The minimum Gasteiger partial charge on any atom is -0.338 e. The largest absolute Gasteiger partial charge is 0.338 e. The van der Waals surface area contributed by atoms with Crippen LogP contribution in [-0.2, 0) is 6.54 Å². The quantitative estimate of drug-likeness (QED) is 0.927. The molecule has 0 spiro atoms. The SMILES string of the molecule is Cc1nc(N2CCC(C)CC2C)ncc1CNC(C)(C)C. The molecule has 1 aliphatic heterocycles. The second-order valence-corrected chi connectivity index (χ2v) is 7.56. The van der Waals surface area contributed by atoms with E-state index in [2.05, 4.69) is 56.7 Å². The molecular weight excluding hydrogens is 260 g/mol. The van der Waals surface area contributed by atoms with E-state index >= 15 is 0 Å². The van der Waals surface area contributed by atoms with Crippen LogP contribution in [-0.4, -0.2) is 28.1 Å². The van der Waals surface area contributed by atoms with Gasteiger partial charge in [-0.3, -0.25) is 0 Å². The number of piperidine rings is 1. The smallest absolute Gasteiger partial charge is 0.225 e. The maximum Gasteiger partial charge on any atom is 0.225 e. The maximum absolute atomic E-state index is 4.75. The minimum atomic E-state index is 0.114. The fourth-order valence-corrected chi connectivity index (χ4v) is 2.86. The monoisotopic (exact) mass is 290 g/mol. The Bertz CT molecular complexity index is 478. The Morgan fingerprint density at radius 2 is 2.05 bits per heavy atom. The third-order valence-corrected chi connectivity index (χ3v) is 4.27. The molecule has 1 aliphatic rings. The fourth-order valence-electron chi connectivity index (χ4n) is 2.86. The number of rotatable bonds is 3. The normalized spacial score (nSPS) is 23.4. The van der Waals surface area contributed by atoms with Crippen molar-refractivity contribution in [3.63, 3.8) is 0 Å². The van der Waals surface area contributed by atoms with Crippen molar-refractivity contribution < 1.29 is 0 Å². The van der Waals surface area contributed by atoms with Crippen molar-refractivity contribution in [1.29, 1.82) is 0 Å². The Morgan fingerprint density at radius 3 is 2.62 bits per heavy atom. The Labute approximate surface area is 129 Å². The van der Waals surface area contributed by atoms with E-state index in [1.54, 1.807) is 0 Å². The van der Waals surface area contributed by atoms with Gasteiger partial charge >= 0.3 is 0 Å². The molecule has 0 aromatic carbocycles. The van der Waals surface area contributed by atoms with Gasteiger partial charge in [-0.2, -0.15) is 0 Å². The van der Waals surface area contributed by atoms with E-state index in [1.165, 1.54) is 18.4 Å². The highest BCUT2D eigenvalue weighted by Gasteiger charge is 2.25. The van der Waals surface area contributed by atoms with Crippen LogP contribution < -0.4 is 10.2 Å². The molecule has 2 rings (SSSR count). The van der Waals surface area contributed by atoms with Gasteiger partial charge in [0.25, 0.3) is 0 Å². The van der Waals surface area contributed by atoms with Gasteiger partial charge in [-0.1, -0.05) is 6.92 Å². The molecule has 1 saturated heterocycles. The second-order valence-electron chi connectivity index (χ2n) is 7.56. The van der Waals surface area contributed by atoms with Crippen molar-refractivity contribution in [3.05, 3.63) is 17.5 Å². The molecule has 1 aromatic heterocycles. The van der Waals surface area contributed by atoms with E-state index in [1.807, 2.05) is 6.20 Å². The van der Waals surface area contributed by atoms with Gasteiger partial charge in [-0.15, -0.1) is 0 Å². The number of hydrogen-bond donors (Lipinski definition) is 1. The van der Waals surface area contributed by atoms with E-state index in [9.17, 15) is 0 Å². The first-order valence-corrected chi connectivity index (χ1v) is 8.10. The molecular formula is C17H30N4. The summed E-state index contributed by atoms with van der Waals surface area (Å²) < 4.78 is 0. The first kappa shape index (κ1) is 16.2. The number of aromatic nitrogens is 2. The van der Waals surface area contributed by atoms with E-state index in [0.29, 0.717) is 6.04 Å². The summed E-state index contributed by atoms with van der Waals surface area (Å²) >= 11 is 0. The number of nitrogens with zero attached hydrogens (tertiary/aromatic N) is 3. The van der Waals surface area contributed by atoms with Gasteiger partial charge in [-0.05, 0) is 53.4 Å². The van der Waals surface area contributed by atoms with Gasteiger partial charge in [0.1, 0.15) is 0 Å². The van der Waals surface area contributed by atoms with E-state index in [4.69, 9.17) is 4.98 Å². The van der Waals surface area contributed by atoms with Gasteiger partial charge in [-0.25, -0.2) is 9.97 Å². The molecule has 118 valence electrons. The third kappa shape index (κ3) is 4.40. The minimum absolute atomic E-state index is 0.114. The summed E-state index contributed by atoms with van der Waals surface area (Å²) in [7, 11) is 0.